The van der Waals surface area contributed by atoms with E-state index in [1.54, 1.807) is 17.0 Å². The monoisotopic (exact) mass is 208 g/mol. The molecule has 2 heterocycles. The van der Waals surface area contributed by atoms with Gasteiger partial charge in [-0.2, -0.15) is 0 Å². The lowest BCUT2D eigenvalue weighted by Gasteiger charge is -2.02. The average molecular weight is 208 g/mol. The molecule has 0 unspecified atom stereocenters. The minimum Gasteiger partial charge on any atom is -0.463 e. The van der Waals surface area contributed by atoms with Crippen molar-refractivity contribution in [3.8, 4) is 11.5 Å². The van der Waals surface area contributed by atoms with Crippen molar-refractivity contribution >= 4 is 0 Å². The Morgan fingerprint density at radius 1 is 1.53 bits per heavy atom. The number of nitrogens with zero attached hydrogens (tertiary/aromatic N) is 3. The SMILES string of the molecule is NCc1nnn(CCO)c1-c1ccco1. The van der Waals surface area contributed by atoms with Crippen molar-refractivity contribution in [2.24, 2.45) is 5.73 Å². The molecule has 2 rings (SSSR count). The van der Waals surface area contributed by atoms with Crippen molar-refractivity contribution in [2.45, 2.75) is 13.1 Å². The van der Waals surface area contributed by atoms with Crippen LogP contribution in [0, 0.1) is 0 Å². The van der Waals surface area contributed by atoms with Crippen molar-refractivity contribution < 1.29 is 9.52 Å². The summed E-state index contributed by atoms with van der Waals surface area (Å²) in [6.07, 6.45) is 1.58. The van der Waals surface area contributed by atoms with Crippen molar-refractivity contribution in [3.63, 3.8) is 0 Å². The van der Waals surface area contributed by atoms with Crippen LogP contribution in [0.25, 0.3) is 11.5 Å². The van der Waals surface area contributed by atoms with E-state index >= 15 is 0 Å². The van der Waals surface area contributed by atoms with Gasteiger partial charge in [-0.3, -0.25) is 0 Å². The highest BCUT2D eigenvalue weighted by Crippen LogP contribution is 2.22. The van der Waals surface area contributed by atoms with Gasteiger partial charge in [0, 0.05) is 6.54 Å². The van der Waals surface area contributed by atoms with Gasteiger partial charge in [0.2, 0.25) is 0 Å². The fourth-order valence-corrected chi connectivity index (χ4v) is 1.42. The van der Waals surface area contributed by atoms with Crippen LogP contribution < -0.4 is 5.73 Å². The molecule has 6 heteroatoms. The fourth-order valence-electron chi connectivity index (χ4n) is 1.42. The number of aromatic nitrogens is 3. The molecule has 2 aromatic rings. The molecular weight excluding hydrogens is 196 g/mol. The zero-order valence-electron chi connectivity index (χ0n) is 8.13. The molecule has 80 valence electrons. The molecule has 0 radical (unpaired) electrons. The maximum atomic E-state index is 8.87. The Balaban J connectivity index is 2.46. The van der Waals surface area contributed by atoms with Gasteiger partial charge < -0.3 is 15.3 Å². The standard InChI is InChI=1S/C9H12N4O2/c10-6-7-9(8-2-1-5-15-8)13(3-4-14)12-11-7/h1-2,5,14H,3-4,6,10H2. The van der Waals surface area contributed by atoms with Crippen molar-refractivity contribution in [1.29, 1.82) is 0 Å². The van der Waals surface area contributed by atoms with Gasteiger partial charge in [0.05, 0.1) is 19.4 Å². The van der Waals surface area contributed by atoms with Gasteiger partial charge in [-0.15, -0.1) is 5.10 Å². The van der Waals surface area contributed by atoms with Crippen LogP contribution in [0.15, 0.2) is 22.8 Å². The summed E-state index contributed by atoms with van der Waals surface area (Å²) in [6, 6.07) is 3.59. The van der Waals surface area contributed by atoms with E-state index in [1.807, 2.05) is 6.07 Å². The summed E-state index contributed by atoms with van der Waals surface area (Å²) in [5.74, 6) is 0.661. The topological polar surface area (TPSA) is 90.1 Å². The third kappa shape index (κ3) is 1.77. The van der Waals surface area contributed by atoms with E-state index in [0.717, 1.165) is 5.69 Å². The van der Waals surface area contributed by atoms with E-state index in [-0.39, 0.29) is 6.61 Å². The Labute approximate surface area is 86.3 Å². The molecule has 0 aliphatic heterocycles. The maximum absolute atomic E-state index is 8.87. The molecular formula is C9H12N4O2. The first-order chi connectivity index (χ1) is 7.36. The zero-order valence-corrected chi connectivity index (χ0v) is 8.13. The summed E-state index contributed by atoms with van der Waals surface area (Å²) in [6.45, 7) is 0.672. The first-order valence-electron chi connectivity index (χ1n) is 4.64. The maximum Gasteiger partial charge on any atom is 0.153 e. The van der Waals surface area contributed by atoms with Crippen LogP contribution >= 0.6 is 0 Å². The molecule has 0 aliphatic carbocycles. The van der Waals surface area contributed by atoms with E-state index in [0.29, 0.717) is 24.5 Å². The average Bonchev–Trinajstić information content (AvgIpc) is 2.85. The first kappa shape index (κ1) is 9.88. The summed E-state index contributed by atoms with van der Waals surface area (Å²) in [7, 11) is 0. The molecule has 0 bridgehead atoms. The van der Waals surface area contributed by atoms with Gasteiger partial charge in [0.25, 0.3) is 0 Å². The second-order valence-electron chi connectivity index (χ2n) is 3.01. The van der Waals surface area contributed by atoms with E-state index in [9.17, 15) is 0 Å². The fraction of sp³-hybridized carbons (Fsp3) is 0.333. The molecule has 6 nitrogen and oxygen atoms in total. The van der Waals surface area contributed by atoms with Crippen LogP contribution in [0.5, 0.6) is 0 Å². The third-order valence-corrected chi connectivity index (χ3v) is 2.06. The number of rotatable bonds is 4. The van der Waals surface area contributed by atoms with Crippen LogP contribution in [0.1, 0.15) is 5.69 Å². The van der Waals surface area contributed by atoms with Gasteiger partial charge in [-0.1, -0.05) is 5.21 Å². The molecule has 0 saturated heterocycles. The molecule has 0 spiro atoms. The highest BCUT2D eigenvalue weighted by molar-refractivity contribution is 5.55. The summed E-state index contributed by atoms with van der Waals surface area (Å²) >= 11 is 0. The van der Waals surface area contributed by atoms with Gasteiger partial charge in [-0.25, -0.2) is 4.68 Å². The number of nitrogens with two attached hydrogens (primary N) is 1. The Morgan fingerprint density at radius 2 is 2.40 bits per heavy atom. The van der Waals surface area contributed by atoms with Crippen LogP contribution in [0.4, 0.5) is 0 Å². The van der Waals surface area contributed by atoms with Crippen molar-refractivity contribution in [3.05, 3.63) is 24.1 Å². The molecule has 3 N–H and O–H groups in total. The molecule has 0 amide bonds. The molecule has 2 aromatic heterocycles. The van der Waals surface area contributed by atoms with E-state index in [4.69, 9.17) is 15.3 Å². The smallest absolute Gasteiger partial charge is 0.153 e. The second kappa shape index (κ2) is 4.24. The predicted molar refractivity (Wildman–Crippen MR) is 52.7 cm³/mol. The lowest BCUT2D eigenvalue weighted by molar-refractivity contribution is 0.268. The van der Waals surface area contributed by atoms with E-state index < -0.39 is 0 Å². The molecule has 0 atom stereocenters. The van der Waals surface area contributed by atoms with Crippen molar-refractivity contribution in [1.82, 2.24) is 15.0 Å². The zero-order chi connectivity index (χ0) is 10.7. The third-order valence-electron chi connectivity index (χ3n) is 2.06. The number of hydrogen-bond acceptors (Lipinski definition) is 5. The highest BCUT2D eigenvalue weighted by Gasteiger charge is 2.15. The largest absolute Gasteiger partial charge is 0.463 e. The quantitative estimate of drug-likeness (QED) is 0.737. The highest BCUT2D eigenvalue weighted by atomic mass is 16.3. The van der Waals surface area contributed by atoms with E-state index in [1.165, 1.54) is 0 Å². The Kier molecular flexibility index (Phi) is 2.79. The van der Waals surface area contributed by atoms with Crippen molar-refractivity contribution in [2.75, 3.05) is 6.61 Å². The lowest BCUT2D eigenvalue weighted by atomic mass is 10.2. The summed E-state index contributed by atoms with van der Waals surface area (Å²) in [5.41, 5.74) is 6.94. The number of hydrogen-bond donors (Lipinski definition) is 2. The molecule has 0 saturated carbocycles. The summed E-state index contributed by atoms with van der Waals surface area (Å²) in [5, 5.41) is 16.7. The van der Waals surface area contributed by atoms with Crippen LogP contribution in [-0.2, 0) is 13.1 Å². The van der Waals surface area contributed by atoms with Gasteiger partial charge >= 0.3 is 0 Å². The number of aliphatic hydroxyl groups excluding tert-OH is 1. The molecule has 0 aromatic carbocycles. The van der Waals surface area contributed by atoms with Crippen LogP contribution in [0.2, 0.25) is 0 Å². The molecule has 0 aliphatic rings. The number of aliphatic hydroxyl groups is 1. The lowest BCUT2D eigenvalue weighted by Crippen LogP contribution is -2.06. The summed E-state index contributed by atoms with van der Waals surface area (Å²) in [4.78, 5) is 0. The van der Waals surface area contributed by atoms with Crippen LogP contribution in [0.3, 0.4) is 0 Å². The van der Waals surface area contributed by atoms with Gasteiger partial charge in [0.15, 0.2) is 5.76 Å². The Hall–Kier alpha value is -1.66. The minimum absolute atomic E-state index is 0.00107. The van der Waals surface area contributed by atoms with Crippen LogP contribution in [-0.4, -0.2) is 26.7 Å². The Morgan fingerprint density at radius 3 is 3.00 bits per heavy atom. The molecule has 0 fully saturated rings. The van der Waals surface area contributed by atoms with E-state index in [2.05, 4.69) is 10.3 Å². The Bertz CT molecular complexity index is 421. The normalized spacial score (nSPS) is 10.8. The minimum atomic E-state index is 0.00107. The predicted octanol–water partition coefficient (Wildman–Crippen LogP) is -0.0109. The number of furan rings is 1. The molecule has 15 heavy (non-hydrogen) atoms. The summed E-state index contributed by atoms with van der Waals surface area (Å²) < 4.78 is 6.85. The van der Waals surface area contributed by atoms with Gasteiger partial charge in [0.1, 0.15) is 11.4 Å². The second-order valence-corrected chi connectivity index (χ2v) is 3.01. The van der Waals surface area contributed by atoms with Gasteiger partial charge in [-0.05, 0) is 12.1 Å². The first-order valence-corrected chi connectivity index (χ1v) is 4.64.